The smallest absolute Gasteiger partial charge is 0.337 e. The van der Waals surface area contributed by atoms with Crippen molar-refractivity contribution in [2.24, 2.45) is 0 Å². The highest BCUT2D eigenvalue weighted by atomic mass is 19.1. The second kappa shape index (κ2) is 6.96. The molecule has 0 aliphatic carbocycles. The molecule has 0 bridgehead atoms. The number of halogens is 1. The van der Waals surface area contributed by atoms with Crippen LogP contribution in [0.1, 0.15) is 20.7 Å². The fourth-order valence-electron chi connectivity index (χ4n) is 2.25. The summed E-state index contributed by atoms with van der Waals surface area (Å²) in [5.41, 5.74) is 1.44. The number of hydrogen-bond donors (Lipinski definition) is 1. The number of hydrogen-bond acceptors (Lipinski definition) is 5. The van der Waals surface area contributed by atoms with Crippen molar-refractivity contribution >= 4 is 17.6 Å². The number of nitrogens with one attached hydrogen (secondary N) is 1. The molecule has 1 amide bonds. The maximum absolute atomic E-state index is 13.0. The van der Waals surface area contributed by atoms with Gasteiger partial charge in [0, 0.05) is 11.3 Å². The minimum atomic E-state index is -0.506. The number of benzene rings is 2. The van der Waals surface area contributed by atoms with Crippen LogP contribution in [0.4, 0.5) is 10.1 Å². The molecule has 0 spiro atoms. The lowest BCUT2D eigenvalue weighted by molar-refractivity contribution is 0.0600. The largest absolute Gasteiger partial charge is 0.465 e. The van der Waals surface area contributed by atoms with Crippen LogP contribution >= 0.6 is 0 Å². The van der Waals surface area contributed by atoms with E-state index in [1.54, 1.807) is 18.2 Å². The van der Waals surface area contributed by atoms with Gasteiger partial charge in [0.2, 0.25) is 0 Å². The quantitative estimate of drug-likeness (QED) is 0.735. The van der Waals surface area contributed by atoms with E-state index in [1.807, 2.05) is 0 Å². The van der Waals surface area contributed by atoms with Crippen molar-refractivity contribution in [3.8, 4) is 11.3 Å². The lowest BCUT2D eigenvalue weighted by Crippen LogP contribution is -2.12. The number of ether oxygens (including phenoxy) is 1. The molecule has 7 heteroatoms. The van der Waals surface area contributed by atoms with Crippen LogP contribution in [0.2, 0.25) is 0 Å². The molecule has 3 rings (SSSR count). The number of amides is 1. The normalized spacial score (nSPS) is 10.3. The number of carbonyl (C=O) groups excluding carboxylic acids is 2. The SMILES string of the molecule is COC(=O)c1cccc(NC(=O)c2cnoc2-c2ccc(F)cc2)c1. The van der Waals surface area contributed by atoms with Gasteiger partial charge in [-0.2, -0.15) is 0 Å². The van der Waals surface area contributed by atoms with Crippen LogP contribution in [0.3, 0.4) is 0 Å². The summed E-state index contributed by atoms with van der Waals surface area (Å²) in [6.45, 7) is 0. The van der Waals surface area contributed by atoms with E-state index in [2.05, 4.69) is 15.2 Å². The lowest BCUT2D eigenvalue weighted by Gasteiger charge is -2.06. The molecule has 0 saturated carbocycles. The zero-order valence-electron chi connectivity index (χ0n) is 13.2. The highest BCUT2D eigenvalue weighted by molar-refractivity contribution is 6.08. The molecule has 1 heterocycles. The van der Waals surface area contributed by atoms with Gasteiger partial charge in [-0.1, -0.05) is 11.2 Å². The van der Waals surface area contributed by atoms with Gasteiger partial charge in [0.25, 0.3) is 5.91 Å². The Balaban J connectivity index is 1.84. The fraction of sp³-hybridized carbons (Fsp3) is 0.0556. The van der Waals surface area contributed by atoms with Crippen molar-refractivity contribution in [1.29, 1.82) is 0 Å². The Hall–Kier alpha value is -3.48. The highest BCUT2D eigenvalue weighted by Gasteiger charge is 2.18. The number of esters is 1. The number of carbonyl (C=O) groups is 2. The van der Waals surface area contributed by atoms with E-state index in [4.69, 9.17) is 4.52 Å². The van der Waals surface area contributed by atoms with Crippen LogP contribution in [-0.2, 0) is 4.74 Å². The first-order valence-corrected chi connectivity index (χ1v) is 7.29. The van der Waals surface area contributed by atoms with Crippen LogP contribution in [0.15, 0.2) is 59.3 Å². The van der Waals surface area contributed by atoms with Crippen LogP contribution in [0.5, 0.6) is 0 Å². The number of aromatic nitrogens is 1. The molecule has 0 unspecified atom stereocenters. The zero-order valence-corrected chi connectivity index (χ0v) is 13.2. The molecule has 0 fully saturated rings. The molecule has 6 nitrogen and oxygen atoms in total. The lowest BCUT2D eigenvalue weighted by atomic mass is 10.1. The van der Waals surface area contributed by atoms with E-state index in [0.717, 1.165) is 0 Å². The molecule has 126 valence electrons. The third-order valence-corrected chi connectivity index (χ3v) is 3.46. The molecular weight excluding hydrogens is 327 g/mol. The number of anilines is 1. The number of methoxy groups -OCH3 is 1. The summed E-state index contributed by atoms with van der Waals surface area (Å²) in [4.78, 5) is 24.0. The predicted molar refractivity (Wildman–Crippen MR) is 87.6 cm³/mol. The van der Waals surface area contributed by atoms with Gasteiger partial charge in [0.1, 0.15) is 11.4 Å². The van der Waals surface area contributed by atoms with E-state index >= 15 is 0 Å². The summed E-state index contributed by atoms with van der Waals surface area (Å²) in [5.74, 6) is -1.15. The van der Waals surface area contributed by atoms with Gasteiger partial charge < -0.3 is 14.6 Å². The average molecular weight is 340 g/mol. The third kappa shape index (κ3) is 3.55. The molecular formula is C18H13FN2O4. The zero-order chi connectivity index (χ0) is 17.8. The molecule has 3 aromatic rings. The summed E-state index contributed by atoms with van der Waals surface area (Å²) < 4.78 is 22.8. The molecule has 0 aliphatic heterocycles. The monoisotopic (exact) mass is 340 g/mol. The topological polar surface area (TPSA) is 81.4 Å². The van der Waals surface area contributed by atoms with Gasteiger partial charge in [-0.3, -0.25) is 4.79 Å². The summed E-state index contributed by atoms with van der Waals surface area (Å²) in [7, 11) is 1.28. The van der Waals surface area contributed by atoms with Crippen molar-refractivity contribution in [2.75, 3.05) is 12.4 Å². The molecule has 0 saturated heterocycles. The first kappa shape index (κ1) is 16.4. The van der Waals surface area contributed by atoms with Crippen molar-refractivity contribution in [3.63, 3.8) is 0 Å². The number of rotatable bonds is 4. The van der Waals surface area contributed by atoms with E-state index in [9.17, 15) is 14.0 Å². The Morgan fingerprint density at radius 1 is 1.16 bits per heavy atom. The molecule has 2 aromatic carbocycles. The molecule has 1 aromatic heterocycles. The fourth-order valence-corrected chi connectivity index (χ4v) is 2.25. The average Bonchev–Trinajstić information content (AvgIpc) is 3.12. The Bertz CT molecular complexity index is 919. The van der Waals surface area contributed by atoms with Gasteiger partial charge in [-0.25, -0.2) is 9.18 Å². The van der Waals surface area contributed by atoms with Gasteiger partial charge >= 0.3 is 5.97 Å². The second-order valence-corrected chi connectivity index (χ2v) is 5.10. The van der Waals surface area contributed by atoms with E-state index < -0.39 is 17.7 Å². The summed E-state index contributed by atoms with van der Waals surface area (Å²) in [5, 5.41) is 6.30. The van der Waals surface area contributed by atoms with Gasteiger partial charge in [-0.15, -0.1) is 0 Å². The first-order chi connectivity index (χ1) is 12.1. The Morgan fingerprint density at radius 2 is 1.92 bits per heavy atom. The summed E-state index contributed by atoms with van der Waals surface area (Å²) in [6.07, 6.45) is 1.28. The van der Waals surface area contributed by atoms with Crippen LogP contribution in [0, 0.1) is 5.82 Å². The maximum Gasteiger partial charge on any atom is 0.337 e. The highest BCUT2D eigenvalue weighted by Crippen LogP contribution is 2.25. The second-order valence-electron chi connectivity index (χ2n) is 5.10. The van der Waals surface area contributed by atoms with E-state index in [1.165, 1.54) is 43.6 Å². The minimum Gasteiger partial charge on any atom is -0.465 e. The third-order valence-electron chi connectivity index (χ3n) is 3.46. The summed E-state index contributed by atoms with van der Waals surface area (Å²) in [6, 6.07) is 11.8. The molecule has 25 heavy (non-hydrogen) atoms. The van der Waals surface area contributed by atoms with E-state index in [0.29, 0.717) is 16.8 Å². The van der Waals surface area contributed by atoms with Gasteiger partial charge in [0.15, 0.2) is 5.76 Å². The maximum atomic E-state index is 13.0. The molecule has 0 aliphatic rings. The van der Waals surface area contributed by atoms with Crippen LogP contribution < -0.4 is 5.32 Å². The molecule has 0 radical (unpaired) electrons. The molecule has 1 N–H and O–H groups in total. The van der Waals surface area contributed by atoms with Gasteiger partial charge in [0.05, 0.1) is 18.9 Å². The standard InChI is InChI=1S/C18H13FN2O4/c1-24-18(23)12-3-2-4-14(9-12)21-17(22)15-10-20-25-16(15)11-5-7-13(19)8-6-11/h2-10H,1H3,(H,21,22). The van der Waals surface area contributed by atoms with Crippen LogP contribution in [-0.4, -0.2) is 24.1 Å². The Morgan fingerprint density at radius 3 is 2.64 bits per heavy atom. The van der Waals surface area contributed by atoms with E-state index in [-0.39, 0.29) is 11.3 Å². The Labute approximate surface area is 142 Å². The number of nitrogens with zero attached hydrogens (tertiary/aromatic N) is 1. The minimum absolute atomic E-state index is 0.190. The van der Waals surface area contributed by atoms with Crippen molar-refractivity contribution in [1.82, 2.24) is 5.16 Å². The first-order valence-electron chi connectivity index (χ1n) is 7.29. The van der Waals surface area contributed by atoms with Crippen LogP contribution in [0.25, 0.3) is 11.3 Å². The van der Waals surface area contributed by atoms with Gasteiger partial charge in [-0.05, 0) is 42.5 Å². The predicted octanol–water partition coefficient (Wildman–Crippen LogP) is 3.52. The molecule has 0 atom stereocenters. The summed E-state index contributed by atoms with van der Waals surface area (Å²) >= 11 is 0. The Kier molecular flexibility index (Phi) is 4.56. The van der Waals surface area contributed by atoms with Crippen molar-refractivity contribution in [3.05, 3.63) is 71.7 Å². The van der Waals surface area contributed by atoms with Crippen molar-refractivity contribution in [2.45, 2.75) is 0 Å². The van der Waals surface area contributed by atoms with Crippen molar-refractivity contribution < 1.29 is 23.2 Å².